The van der Waals surface area contributed by atoms with E-state index in [1.165, 1.54) is 22.3 Å². The summed E-state index contributed by atoms with van der Waals surface area (Å²) in [6.45, 7) is 2.79. The minimum Gasteiger partial charge on any atom is -0.351 e. The molecular formula is C27H31Br2ClN4O2. The van der Waals surface area contributed by atoms with Gasteiger partial charge in [-0.2, -0.15) is 0 Å². The zero-order valence-electron chi connectivity index (χ0n) is 20.2. The largest absolute Gasteiger partial charge is 0.351 e. The summed E-state index contributed by atoms with van der Waals surface area (Å²) >= 11 is 13.6. The molecule has 0 radical (unpaired) electrons. The van der Waals surface area contributed by atoms with Crippen molar-refractivity contribution >= 4 is 61.5 Å². The molecule has 4 rings (SSSR count). The number of carbonyl (C=O) groups excluding carboxylic acids is 2. The number of pyridine rings is 1. The number of primary amides is 1. The van der Waals surface area contributed by atoms with Crippen LogP contribution in [0.25, 0.3) is 6.08 Å². The predicted molar refractivity (Wildman–Crippen MR) is 151 cm³/mol. The third-order valence-electron chi connectivity index (χ3n) is 7.12. The van der Waals surface area contributed by atoms with Crippen LogP contribution in [0.15, 0.2) is 45.1 Å². The van der Waals surface area contributed by atoms with E-state index in [1.807, 2.05) is 23.2 Å². The lowest BCUT2D eigenvalue weighted by molar-refractivity contribution is -0.132. The molecule has 0 aliphatic carbocycles. The summed E-state index contributed by atoms with van der Waals surface area (Å²) in [4.78, 5) is 32.2. The van der Waals surface area contributed by atoms with Crippen LogP contribution in [0.3, 0.4) is 0 Å². The Bertz CT molecular complexity index is 1140. The van der Waals surface area contributed by atoms with Crippen molar-refractivity contribution in [1.82, 2.24) is 14.8 Å². The molecule has 2 aromatic rings. The van der Waals surface area contributed by atoms with Crippen LogP contribution < -0.4 is 5.73 Å². The summed E-state index contributed by atoms with van der Waals surface area (Å²) in [6, 6.07) is 5.72. The Kier molecular flexibility index (Phi) is 9.47. The van der Waals surface area contributed by atoms with Gasteiger partial charge in [0, 0.05) is 59.0 Å². The maximum Gasteiger partial charge on any atom is 0.314 e. The molecule has 2 saturated heterocycles. The number of likely N-dealkylation sites (tertiary alicyclic amines) is 2. The van der Waals surface area contributed by atoms with E-state index in [0.717, 1.165) is 60.6 Å². The molecule has 0 unspecified atom stereocenters. The fourth-order valence-corrected chi connectivity index (χ4v) is 6.40. The van der Waals surface area contributed by atoms with Crippen LogP contribution >= 0.6 is 43.5 Å². The first kappa shape index (κ1) is 27.1. The van der Waals surface area contributed by atoms with Crippen LogP contribution in [0.5, 0.6) is 0 Å². The molecule has 2 fully saturated rings. The minimum absolute atomic E-state index is 0.225. The number of rotatable bonds is 6. The number of benzene rings is 1. The normalized spacial score (nSPS) is 16.8. The van der Waals surface area contributed by atoms with Gasteiger partial charge in [-0.1, -0.05) is 39.2 Å². The molecule has 3 heterocycles. The van der Waals surface area contributed by atoms with Gasteiger partial charge in [0.25, 0.3) is 0 Å². The van der Waals surface area contributed by atoms with Gasteiger partial charge in [-0.05, 0) is 95.3 Å². The van der Waals surface area contributed by atoms with Crippen molar-refractivity contribution in [2.45, 2.75) is 44.9 Å². The van der Waals surface area contributed by atoms with Gasteiger partial charge >= 0.3 is 6.03 Å². The molecule has 192 valence electrons. The number of urea groups is 1. The molecule has 2 aliphatic rings. The highest BCUT2D eigenvalue weighted by Crippen LogP contribution is 2.31. The maximum atomic E-state index is 12.9. The molecule has 0 bridgehead atoms. The van der Waals surface area contributed by atoms with E-state index in [9.17, 15) is 9.59 Å². The second-order valence-corrected chi connectivity index (χ2v) is 11.8. The molecular weight excluding hydrogens is 608 g/mol. The number of aromatic nitrogens is 1. The van der Waals surface area contributed by atoms with Gasteiger partial charge in [-0.3, -0.25) is 9.78 Å². The molecule has 0 spiro atoms. The molecule has 2 aliphatic heterocycles. The van der Waals surface area contributed by atoms with Gasteiger partial charge in [-0.25, -0.2) is 4.79 Å². The van der Waals surface area contributed by atoms with Crippen LogP contribution in [0.2, 0.25) is 5.02 Å². The number of nitrogens with zero attached hydrogens (tertiary/aromatic N) is 3. The summed E-state index contributed by atoms with van der Waals surface area (Å²) in [5.74, 6) is 0.556. The van der Waals surface area contributed by atoms with Crippen molar-refractivity contribution in [1.29, 1.82) is 0 Å². The number of amides is 3. The van der Waals surface area contributed by atoms with Gasteiger partial charge in [0.15, 0.2) is 0 Å². The van der Waals surface area contributed by atoms with Gasteiger partial charge in [0.2, 0.25) is 5.91 Å². The number of aryl methyl sites for hydroxylation is 2. The first-order chi connectivity index (χ1) is 17.3. The Labute approximate surface area is 234 Å². The van der Waals surface area contributed by atoms with E-state index in [-0.39, 0.29) is 11.9 Å². The first-order valence-corrected chi connectivity index (χ1v) is 14.3. The monoisotopic (exact) mass is 636 g/mol. The molecule has 9 heteroatoms. The van der Waals surface area contributed by atoms with Crippen LogP contribution in [0.1, 0.15) is 48.8 Å². The molecule has 0 saturated carbocycles. The molecule has 1 aromatic heterocycles. The fraction of sp³-hybridized carbons (Fsp3) is 0.444. The molecule has 36 heavy (non-hydrogen) atoms. The molecule has 1 aromatic carbocycles. The molecule has 0 atom stereocenters. The third-order valence-corrected chi connectivity index (χ3v) is 8.43. The second-order valence-electron chi connectivity index (χ2n) is 9.63. The average Bonchev–Trinajstić information content (AvgIpc) is 2.85. The number of carbonyl (C=O) groups is 2. The van der Waals surface area contributed by atoms with Gasteiger partial charge < -0.3 is 15.5 Å². The quantitative estimate of drug-likeness (QED) is 0.408. The van der Waals surface area contributed by atoms with Gasteiger partial charge in [0.05, 0.1) is 0 Å². The number of piperidine rings is 2. The van der Waals surface area contributed by atoms with Crippen LogP contribution in [0, 0.1) is 5.92 Å². The maximum absolute atomic E-state index is 12.9. The van der Waals surface area contributed by atoms with E-state index < -0.39 is 0 Å². The lowest BCUT2D eigenvalue weighted by atomic mass is 9.92. The minimum atomic E-state index is -0.365. The summed E-state index contributed by atoms with van der Waals surface area (Å²) in [5.41, 5.74) is 10.3. The number of halogens is 3. The summed E-state index contributed by atoms with van der Waals surface area (Å²) in [7, 11) is 0. The van der Waals surface area contributed by atoms with Crippen LogP contribution in [-0.2, 0) is 17.6 Å². The highest BCUT2D eigenvalue weighted by molar-refractivity contribution is 9.10. The van der Waals surface area contributed by atoms with Crippen molar-refractivity contribution in [3.63, 3.8) is 0 Å². The number of hydrogen-bond donors (Lipinski definition) is 1. The van der Waals surface area contributed by atoms with Gasteiger partial charge in [0.1, 0.15) is 0 Å². The Morgan fingerprint density at radius 1 is 1.03 bits per heavy atom. The highest BCUT2D eigenvalue weighted by Gasteiger charge is 2.26. The van der Waals surface area contributed by atoms with E-state index >= 15 is 0 Å². The molecule has 6 nitrogen and oxygen atoms in total. The Hall–Kier alpha value is -1.90. The molecule has 3 amide bonds. The van der Waals surface area contributed by atoms with Crippen LogP contribution in [0.4, 0.5) is 4.79 Å². The van der Waals surface area contributed by atoms with Crippen molar-refractivity contribution in [3.8, 4) is 0 Å². The van der Waals surface area contributed by atoms with E-state index in [1.54, 1.807) is 11.1 Å². The van der Waals surface area contributed by atoms with Crippen molar-refractivity contribution in [2.75, 3.05) is 26.2 Å². The average molecular weight is 639 g/mol. The van der Waals surface area contributed by atoms with Crippen molar-refractivity contribution in [3.05, 3.63) is 66.8 Å². The number of hydrogen-bond acceptors (Lipinski definition) is 3. The van der Waals surface area contributed by atoms with Gasteiger partial charge in [-0.15, -0.1) is 0 Å². The Morgan fingerprint density at radius 3 is 2.42 bits per heavy atom. The lowest BCUT2D eigenvalue weighted by Gasteiger charge is -2.33. The summed E-state index contributed by atoms with van der Waals surface area (Å²) < 4.78 is 1.97. The van der Waals surface area contributed by atoms with E-state index in [4.69, 9.17) is 17.3 Å². The Morgan fingerprint density at radius 2 is 1.75 bits per heavy atom. The second kappa shape index (κ2) is 12.6. The summed E-state index contributed by atoms with van der Waals surface area (Å²) in [6.07, 6.45) is 11.7. The predicted octanol–water partition coefficient (Wildman–Crippen LogP) is 6.23. The zero-order chi connectivity index (χ0) is 25.7. The van der Waals surface area contributed by atoms with E-state index in [2.05, 4.69) is 49.0 Å². The zero-order valence-corrected chi connectivity index (χ0v) is 24.1. The first-order valence-electron chi connectivity index (χ1n) is 12.4. The Balaban J connectivity index is 1.35. The highest BCUT2D eigenvalue weighted by atomic mass is 79.9. The lowest BCUT2D eigenvalue weighted by Crippen LogP contribution is -2.43. The summed E-state index contributed by atoms with van der Waals surface area (Å²) in [5, 5.41) is 0.716. The van der Waals surface area contributed by atoms with Crippen molar-refractivity contribution < 1.29 is 9.59 Å². The molecule has 2 N–H and O–H groups in total. The fourth-order valence-electron chi connectivity index (χ4n) is 5.00. The van der Waals surface area contributed by atoms with Crippen LogP contribution in [-0.4, -0.2) is 52.9 Å². The smallest absolute Gasteiger partial charge is 0.314 e. The SMILES string of the molecule is NC(=O)N1CCC(CC(=O)N2CCC(=Cc3c(Br)cc(Cl)cc3CCc3cncc(Br)c3)CC2)CC1. The van der Waals surface area contributed by atoms with E-state index in [0.29, 0.717) is 30.5 Å². The van der Waals surface area contributed by atoms with Crippen molar-refractivity contribution in [2.24, 2.45) is 11.7 Å². The number of nitrogens with two attached hydrogens (primary N) is 1. The standard InChI is InChI=1S/C27H31Br2ClN4O2/c28-22-11-20(16-32-17-22)1-2-21-14-23(30)15-25(29)24(21)12-18-3-7-33(8-4-18)26(35)13-19-5-9-34(10-6-19)27(31)36/h11-12,14-17,19H,1-10,13H2,(H2,31,36). The third kappa shape index (κ3) is 7.33. The topological polar surface area (TPSA) is 79.5 Å².